The normalized spacial score (nSPS) is 12.5. The van der Waals surface area contributed by atoms with Gasteiger partial charge in [0.05, 0.1) is 20.6 Å². The molecule has 0 radical (unpaired) electrons. The number of ether oxygens (including phenoxy) is 1. The smallest absolute Gasteiger partial charge is 0.250 e. The molecule has 0 aliphatic rings. The number of thiazole rings is 1. The highest BCUT2D eigenvalue weighted by atomic mass is 79.9. The second-order valence-corrected chi connectivity index (χ2v) is 12.4. The monoisotopic (exact) mass is 565 g/mol. The van der Waals surface area contributed by atoms with Gasteiger partial charge in [0.1, 0.15) is 16.0 Å². The van der Waals surface area contributed by atoms with Gasteiger partial charge in [-0.3, -0.25) is 4.79 Å². The Bertz CT molecular complexity index is 1370. The number of anilines is 1. The summed E-state index contributed by atoms with van der Waals surface area (Å²) < 4.78 is 35.6. The predicted octanol–water partition coefficient (Wildman–Crippen LogP) is 5.05. The molecule has 0 saturated carbocycles. The summed E-state index contributed by atoms with van der Waals surface area (Å²) in [4.78, 5) is 17.6. The number of nitrogens with one attached hydrogen (secondary N) is 2. The first kappa shape index (κ1) is 23.8. The number of hydrogen-bond donors (Lipinski definition) is 2. The van der Waals surface area contributed by atoms with Crippen molar-refractivity contribution in [1.29, 1.82) is 0 Å². The van der Waals surface area contributed by atoms with Crippen molar-refractivity contribution < 1.29 is 17.9 Å². The molecule has 1 atom stereocenters. The molecule has 2 aromatic carbocycles. The van der Waals surface area contributed by atoms with Crippen molar-refractivity contribution in [3.8, 4) is 5.75 Å². The third-order valence-corrected chi connectivity index (χ3v) is 9.13. The molecule has 0 spiro atoms. The predicted molar refractivity (Wildman–Crippen MR) is 136 cm³/mol. The van der Waals surface area contributed by atoms with Crippen LogP contribution in [0.15, 0.2) is 68.7 Å². The molecular formula is C22H20BrN3O4S3. The van der Waals surface area contributed by atoms with Crippen LogP contribution in [-0.2, 0) is 21.2 Å². The number of aromatic nitrogens is 1. The highest BCUT2D eigenvalue weighted by Crippen LogP contribution is 2.30. The van der Waals surface area contributed by atoms with Gasteiger partial charge >= 0.3 is 0 Å². The Morgan fingerprint density at radius 1 is 1.12 bits per heavy atom. The zero-order valence-corrected chi connectivity index (χ0v) is 21.5. The van der Waals surface area contributed by atoms with E-state index < -0.39 is 22.0 Å². The second kappa shape index (κ2) is 10.3. The van der Waals surface area contributed by atoms with Crippen molar-refractivity contribution in [2.45, 2.75) is 23.6 Å². The summed E-state index contributed by atoms with van der Waals surface area (Å²) in [5, 5.41) is 3.17. The van der Waals surface area contributed by atoms with Gasteiger partial charge in [-0.05, 0) is 65.2 Å². The number of rotatable bonds is 9. The van der Waals surface area contributed by atoms with Crippen LogP contribution >= 0.6 is 38.6 Å². The van der Waals surface area contributed by atoms with Gasteiger partial charge in [-0.25, -0.2) is 13.4 Å². The lowest BCUT2D eigenvalue weighted by Crippen LogP contribution is -2.45. The Hall–Kier alpha value is -2.31. The van der Waals surface area contributed by atoms with Gasteiger partial charge in [-0.15, -0.1) is 11.3 Å². The molecule has 1 unspecified atom stereocenters. The van der Waals surface area contributed by atoms with Crippen LogP contribution in [0.5, 0.6) is 5.75 Å². The van der Waals surface area contributed by atoms with Gasteiger partial charge in [-0.1, -0.05) is 41.7 Å². The van der Waals surface area contributed by atoms with E-state index in [4.69, 9.17) is 4.74 Å². The Balaban J connectivity index is 1.58. The minimum Gasteiger partial charge on any atom is -0.494 e. The maximum Gasteiger partial charge on any atom is 0.250 e. The van der Waals surface area contributed by atoms with E-state index in [1.165, 1.54) is 17.4 Å². The summed E-state index contributed by atoms with van der Waals surface area (Å²) in [5.41, 5.74) is 1.56. The van der Waals surface area contributed by atoms with Crippen molar-refractivity contribution >= 4 is 69.9 Å². The molecule has 7 nitrogen and oxygen atoms in total. The average Bonchev–Trinajstić information content (AvgIpc) is 3.40. The standard InChI is InChI=1S/C22H20BrN3O4S3/c1-2-30-15-8-9-16-18(13-15)31-22(24-16)25-21(27)17(12-14-6-4-3-5-7-14)26-33(28,29)20-11-10-19(23)32-20/h3-11,13,17,26H,2,12H2,1H3,(H,24,25,27). The van der Waals surface area contributed by atoms with Gasteiger partial charge < -0.3 is 10.1 Å². The number of amides is 1. The molecule has 4 aromatic rings. The quantitative estimate of drug-likeness (QED) is 0.296. The third kappa shape index (κ3) is 5.98. The van der Waals surface area contributed by atoms with Crippen LogP contribution in [0.3, 0.4) is 0 Å². The van der Waals surface area contributed by atoms with E-state index in [0.29, 0.717) is 15.5 Å². The number of benzene rings is 2. The van der Waals surface area contributed by atoms with Gasteiger partial charge in [0.25, 0.3) is 10.0 Å². The lowest BCUT2D eigenvalue weighted by atomic mass is 10.1. The first-order chi connectivity index (χ1) is 15.8. The zero-order chi connectivity index (χ0) is 23.4. The molecule has 172 valence electrons. The lowest BCUT2D eigenvalue weighted by Gasteiger charge is -2.17. The van der Waals surface area contributed by atoms with Crippen LogP contribution in [0.25, 0.3) is 10.2 Å². The molecule has 0 bridgehead atoms. The van der Waals surface area contributed by atoms with Crippen molar-refractivity contribution in [3.63, 3.8) is 0 Å². The van der Waals surface area contributed by atoms with Gasteiger partial charge in [0, 0.05) is 0 Å². The maximum atomic E-state index is 13.2. The fourth-order valence-corrected chi connectivity index (χ4v) is 7.25. The van der Waals surface area contributed by atoms with E-state index in [2.05, 4.69) is 31.0 Å². The zero-order valence-electron chi connectivity index (χ0n) is 17.4. The molecule has 1 amide bonds. The van der Waals surface area contributed by atoms with E-state index in [1.807, 2.05) is 55.5 Å². The number of halogens is 1. The fraction of sp³-hybridized carbons (Fsp3) is 0.182. The molecule has 0 saturated heterocycles. The average molecular weight is 567 g/mol. The Labute approximate surface area is 208 Å². The molecule has 0 aliphatic carbocycles. The summed E-state index contributed by atoms with van der Waals surface area (Å²) in [6.45, 7) is 2.46. The van der Waals surface area contributed by atoms with Gasteiger partial charge in [0.15, 0.2) is 5.13 Å². The van der Waals surface area contributed by atoms with Crippen LogP contribution < -0.4 is 14.8 Å². The van der Waals surface area contributed by atoms with Gasteiger partial charge in [-0.2, -0.15) is 4.72 Å². The minimum absolute atomic E-state index is 0.128. The molecule has 4 rings (SSSR count). The van der Waals surface area contributed by atoms with E-state index in [9.17, 15) is 13.2 Å². The number of carbonyl (C=O) groups excluding carboxylic acids is 1. The first-order valence-corrected chi connectivity index (χ1v) is 13.9. The summed E-state index contributed by atoms with van der Waals surface area (Å²) >= 11 is 5.66. The maximum absolute atomic E-state index is 13.2. The van der Waals surface area contributed by atoms with E-state index in [-0.39, 0.29) is 10.6 Å². The summed E-state index contributed by atoms with van der Waals surface area (Å²) in [5.74, 6) is 0.241. The second-order valence-electron chi connectivity index (χ2n) is 6.99. The molecule has 2 aromatic heterocycles. The molecule has 33 heavy (non-hydrogen) atoms. The highest BCUT2D eigenvalue weighted by Gasteiger charge is 2.28. The molecule has 0 fully saturated rings. The largest absolute Gasteiger partial charge is 0.494 e. The molecule has 11 heteroatoms. The SMILES string of the molecule is CCOc1ccc2nc(NC(=O)C(Cc3ccccc3)NS(=O)(=O)c3ccc(Br)s3)sc2c1. The van der Waals surface area contributed by atoms with Crippen molar-refractivity contribution in [2.24, 2.45) is 0 Å². The number of hydrogen-bond acceptors (Lipinski definition) is 7. The first-order valence-electron chi connectivity index (χ1n) is 10.00. The molecule has 0 aliphatic heterocycles. The Kier molecular flexibility index (Phi) is 7.45. The number of carbonyl (C=O) groups is 1. The molecule has 2 heterocycles. The summed E-state index contributed by atoms with van der Waals surface area (Å²) in [7, 11) is -3.89. The van der Waals surface area contributed by atoms with Crippen molar-refractivity contribution in [1.82, 2.24) is 9.71 Å². The van der Waals surface area contributed by atoms with E-state index in [0.717, 1.165) is 32.9 Å². The number of fused-ring (bicyclic) bond motifs is 1. The van der Waals surface area contributed by atoms with Crippen LogP contribution in [0, 0.1) is 0 Å². The Morgan fingerprint density at radius 3 is 2.61 bits per heavy atom. The number of thiophene rings is 1. The fourth-order valence-electron chi connectivity index (χ4n) is 3.13. The van der Waals surface area contributed by atoms with E-state index in [1.54, 1.807) is 6.07 Å². The van der Waals surface area contributed by atoms with Crippen LogP contribution in [-0.4, -0.2) is 32.0 Å². The summed E-state index contributed by atoms with van der Waals surface area (Å²) in [6.07, 6.45) is 0.192. The molecular weight excluding hydrogens is 546 g/mol. The van der Waals surface area contributed by atoms with Crippen LogP contribution in [0.4, 0.5) is 5.13 Å². The number of sulfonamides is 1. The lowest BCUT2D eigenvalue weighted by molar-refractivity contribution is -0.117. The van der Waals surface area contributed by atoms with Gasteiger partial charge in [0.2, 0.25) is 5.91 Å². The Morgan fingerprint density at radius 2 is 1.91 bits per heavy atom. The minimum atomic E-state index is -3.89. The van der Waals surface area contributed by atoms with Crippen molar-refractivity contribution in [2.75, 3.05) is 11.9 Å². The topological polar surface area (TPSA) is 97.4 Å². The van der Waals surface area contributed by atoms with Crippen LogP contribution in [0.2, 0.25) is 0 Å². The van der Waals surface area contributed by atoms with E-state index >= 15 is 0 Å². The summed E-state index contributed by atoms with van der Waals surface area (Å²) in [6, 6.07) is 16.9. The number of nitrogens with zero attached hydrogens (tertiary/aromatic N) is 1. The highest BCUT2D eigenvalue weighted by molar-refractivity contribution is 9.11. The van der Waals surface area contributed by atoms with Crippen molar-refractivity contribution in [3.05, 3.63) is 70.0 Å². The van der Waals surface area contributed by atoms with Crippen LogP contribution in [0.1, 0.15) is 12.5 Å². The molecule has 2 N–H and O–H groups in total. The third-order valence-electron chi connectivity index (χ3n) is 4.61.